The van der Waals surface area contributed by atoms with Crippen LogP contribution in [0.15, 0.2) is 0 Å². The van der Waals surface area contributed by atoms with E-state index in [1.165, 1.54) is 0 Å². The maximum Gasteiger partial charge on any atom is 0.281 e. The molecule has 0 aliphatic carbocycles. The summed E-state index contributed by atoms with van der Waals surface area (Å²) in [7, 11) is 0. The molecule has 1 heterocycles. The van der Waals surface area contributed by atoms with Gasteiger partial charge in [-0.05, 0) is 27.7 Å². The topological polar surface area (TPSA) is 36.4 Å². The summed E-state index contributed by atoms with van der Waals surface area (Å²) >= 11 is 1.94. The van der Waals surface area contributed by atoms with Crippen molar-refractivity contribution in [3.63, 3.8) is 0 Å². The Bertz CT molecular complexity index is 219. The summed E-state index contributed by atoms with van der Waals surface area (Å²) in [6.07, 6.45) is 0. The normalized spacial score (nSPS) is 26.5. The van der Waals surface area contributed by atoms with E-state index in [1.54, 1.807) is 0 Å². The molecule has 2 nitrogen and oxygen atoms in total. The molecule has 68 valence electrons. The van der Waals surface area contributed by atoms with Crippen LogP contribution in [0.25, 0.3) is 5.53 Å². The van der Waals surface area contributed by atoms with Gasteiger partial charge >= 0.3 is 0 Å². The van der Waals surface area contributed by atoms with Crippen LogP contribution in [-0.2, 0) is 0 Å². The van der Waals surface area contributed by atoms with Crippen LogP contribution in [-0.4, -0.2) is 22.0 Å². The molecular weight excluding hydrogens is 168 g/mol. The van der Waals surface area contributed by atoms with Crippen molar-refractivity contribution in [1.82, 2.24) is 0 Å². The van der Waals surface area contributed by atoms with Crippen LogP contribution in [0.3, 0.4) is 0 Å². The van der Waals surface area contributed by atoms with Gasteiger partial charge in [0.2, 0.25) is 0 Å². The lowest BCUT2D eigenvalue weighted by atomic mass is 9.74. The zero-order valence-corrected chi connectivity index (χ0v) is 9.03. The van der Waals surface area contributed by atoms with Crippen LogP contribution in [0.4, 0.5) is 0 Å². The summed E-state index contributed by atoms with van der Waals surface area (Å²) in [6.45, 7) is 8.54. The van der Waals surface area contributed by atoms with Gasteiger partial charge in [0.25, 0.3) is 5.71 Å². The first-order valence-corrected chi connectivity index (χ1v) is 5.36. The molecule has 0 aromatic heterocycles. The van der Waals surface area contributed by atoms with Gasteiger partial charge in [0, 0.05) is 11.5 Å². The van der Waals surface area contributed by atoms with Gasteiger partial charge in [-0.1, -0.05) is 0 Å². The molecule has 12 heavy (non-hydrogen) atoms. The van der Waals surface area contributed by atoms with Gasteiger partial charge in [-0.3, -0.25) is 0 Å². The average molecular weight is 184 g/mol. The zero-order chi connectivity index (χ0) is 9.41. The van der Waals surface area contributed by atoms with Crippen LogP contribution < -0.4 is 0 Å². The minimum Gasteiger partial charge on any atom is -0.362 e. The van der Waals surface area contributed by atoms with Gasteiger partial charge in [-0.2, -0.15) is 16.6 Å². The van der Waals surface area contributed by atoms with Crippen molar-refractivity contribution in [1.29, 1.82) is 0 Å². The van der Waals surface area contributed by atoms with E-state index in [9.17, 15) is 0 Å². The van der Waals surface area contributed by atoms with Crippen LogP contribution >= 0.6 is 11.8 Å². The molecule has 1 aliphatic rings. The van der Waals surface area contributed by atoms with E-state index >= 15 is 0 Å². The van der Waals surface area contributed by atoms with E-state index in [0.717, 1.165) is 17.2 Å². The lowest BCUT2D eigenvalue weighted by Gasteiger charge is -2.34. The van der Waals surface area contributed by atoms with Crippen molar-refractivity contribution in [2.24, 2.45) is 10.8 Å². The molecule has 1 fully saturated rings. The Morgan fingerprint density at radius 3 is 1.83 bits per heavy atom. The highest BCUT2D eigenvalue weighted by molar-refractivity contribution is 7.99. The average Bonchev–Trinajstić information content (AvgIpc) is 1.83. The highest BCUT2D eigenvalue weighted by Gasteiger charge is 2.47. The summed E-state index contributed by atoms with van der Waals surface area (Å²) in [5.74, 6) is 2.10. The van der Waals surface area contributed by atoms with E-state index in [2.05, 4.69) is 32.5 Å². The number of hydrogen-bond acceptors (Lipinski definition) is 1. The Balaban J connectivity index is 3.06. The molecule has 0 N–H and O–H groups in total. The maximum atomic E-state index is 8.94. The van der Waals surface area contributed by atoms with E-state index < -0.39 is 0 Å². The third kappa shape index (κ3) is 1.57. The first-order valence-electron chi connectivity index (χ1n) is 4.21. The first kappa shape index (κ1) is 9.82. The van der Waals surface area contributed by atoms with Gasteiger partial charge in [0.15, 0.2) is 0 Å². The largest absolute Gasteiger partial charge is 0.362 e. The minimum absolute atomic E-state index is 0.0428. The van der Waals surface area contributed by atoms with Gasteiger partial charge in [-0.15, -0.1) is 0 Å². The predicted octanol–water partition coefficient (Wildman–Crippen LogP) is 2.46. The van der Waals surface area contributed by atoms with E-state index in [4.69, 9.17) is 5.53 Å². The summed E-state index contributed by atoms with van der Waals surface area (Å²) in [4.78, 5) is 3.46. The molecule has 1 rings (SSSR count). The lowest BCUT2D eigenvalue weighted by molar-refractivity contribution is -0.0309. The highest BCUT2D eigenvalue weighted by Crippen LogP contribution is 2.40. The first-order chi connectivity index (χ1) is 5.40. The number of hydrogen-bond donors (Lipinski definition) is 0. The fraction of sp³-hybridized carbons (Fsp3) is 0.889. The highest BCUT2D eigenvalue weighted by atomic mass is 32.2. The number of rotatable bonds is 0. The van der Waals surface area contributed by atoms with Crippen LogP contribution in [0.5, 0.6) is 0 Å². The molecule has 1 aliphatic heterocycles. The Kier molecular flexibility index (Phi) is 2.37. The molecule has 0 amide bonds. The van der Waals surface area contributed by atoms with E-state index in [-0.39, 0.29) is 10.8 Å². The molecular formula is C9H16N2S. The lowest BCUT2D eigenvalue weighted by Crippen LogP contribution is -2.44. The van der Waals surface area contributed by atoms with Gasteiger partial charge in [-0.25, -0.2) is 0 Å². The van der Waals surface area contributed by atoms with Crippen LogP contribution in [0.2, 0.25) is 0 Å². The summed E-state index contributed by atoms with van der Waals surface area (Å²) in [5.41, 5.74) is 9.97. The molecule has 0 bridgehead atoms. The smallest absolute Gasteiger partial charge is 0.281 e. The second kappa shape index (κ2) is 2.90. The molecule has 0 radical (unpaired) electrons. The second-order valence-electron chi connectivity index (χ2n) is 4.71. The summed E-state index contributed by atoms with van der Waals surface area (Å²) < 4.78 is 0. The van der Waals surface area contributed by atoms with Crippen LogP contribution in [0.1, 0.15) is 27.7 Å². The fourth-order valence-electron chi connectivity index (χ4n) is 1.88. The van der Waals surface area contributed by atoms with Crippen LogP contribution in [0, 0.1) is 10.8 Å². The maximum absolute atomic E-state index is 8.94. The second-order valence-corrected chi connectivity index (χ2v) is 5.69. The Labute approximate surface area is 78.4 Å². The third-order valence-electron chi connectivity index (χ3n) is 2.31. The van der Waals surface area contributed by atoms with Crippen molar-refractivity contribution >= 4 is 17.5 Å². The number of nitrogens with zero attached hydrogens (tertiary/aromatic N) is 2. The van der Waals surface area contributed by atoms with E-state index in [1.807, 2.05) is 11.8 Å². The predicted molar refractivity (Wildman–Crippen MR) is 53.5 cm³/mol. The standard InChI is InChI=1S/C9H16N2S/c1-8(2)5-12-6-9(3,4)7(8)11-10/h5-6H2,1-4H3. The van der Waals surface area contributed by atoms with Crippen molar-refractivity contribution < 1.29 is 4.79 Å². The zero-order valence-electron chi connectivity index (χ0n) is 8.22. The summed E-state index contributed by atoms with van der Waals surface area (Å²) in [5, 5.41) is 0. The van der Waals surface area contributed by atoms with Crippen molar-refractivity contribution in [3.05, 3.63) is 5.53 Å². The SMILES string of the molecule is CC1(C)CSCC(C)(C)C1=[N+]=[N-]. The van der Waals surface area contributed by atoms with Crippen molar-refractivity contribution in [2.75, 3.05) is 11.5 Å². The number of thioether (sulfide) groups is 1. The fourth-order valence-corrected chi connectivity index (χ4v) is 3.28. The summed E-state index contributed by atoms with van der Waals surface area (Å²) in [6, 6.07) is 0. The van der Waals surface area contributed by atoms with Gasteiger partial charge < -0.3 is 5.53 Å². The molecule has 0 aromatic rings. The third-order valence-corrected chi connectivity index (χ3v) is 4.16. The monoisotopic (exact) mass is 184 g/mol. The molecule has 0 atom stereocenters. The van der Waals surface area contributed by atoms with Crippen molar-refractivity contribution in [2.45, 2.75) is 27.7 Å². The Morgan fingerprint density at radius 1 is 1.17 bits per heavy atom. The van der Waals surface area contributed by atoms with Gasteiger partial charge in [0.1, 0.15) is 0 Å². The molecule has 1 saturated heterocycles. The molecule has 0 saturated carbocycles. The van der Waals surface area contributed by atoms with Crippen molar-refractivity contribution in [3.8, 4) is 0 Å². The Morgan fingerprint density at radius 2 is 1.58 bits per heavy atom. The molecule has 0 unspecified atom stereocenters. The van der Waals surface area contributed by atoms with E-state index in [0.29, 0.717) is 0 Å². The minimum atomic E-state index is 0.0428. The Hall–Kier alpha value is -0.270. The molecule has 0 aromatic carbocycles. The molecule has 0 spiro atoms. The molecule has 3 heteroatoms. The quantitative estimate of drug-likeness (QED) is 0.421. The van der Waals surface area contributed by atoms with Gasteiger partial charge in [0.05, 0.1) is 10.8 Å².